The SMILES string of the molecule is C=N[C@@H](C)C(=O)N[C@@H](C)C(=O)OCCOCCOCCOCCOC. The Morgan fingerprint density at radius 1 is 0.920 bits per heavy atom. The Balaban J connectivity index is 3.48. The number of ether oxygens (including phenoxy) is 5. The molecule has 0 aromatic heterocycles. The first-order chi connectivity index (χ1) is 12.0. The summed E-state index contributed by atoms with van der Waals surface area (Å²) < 4.78 is 25.6. The van der Waals surface area contributed by atoms with Crippen LogP contribution >= 0.6 is 0 Å². The first-order valence-corrected chi connectivity index (χ1v) is 8.18. The van der Waals surface area contributed by atoms with Crippen molar-refractivity contribution in [2.24, 2.45) is 4.99 Å². The van der Waals surface area contributed by atoms with Crippen LogP contribution in [-0.2, 0) is 33.3 Å². The number of amides is 1. The second-order valence-electron chi connectivity index (χ2n) is 5.09. The van der Waals surface area contributed by atoms with E-state index in [0.29, 0.717) is 39.6 Å². The largest absolute Gasteiger partial charge is 0.462 e. The van der Waals surface area contributed by atoms with Crippen LogP contribution in [0.4, 0.5) is 0 Å². The Morgan fingerprint density at radius 2 is 1.40 bits per heavy atom. The van der Waals surface area contributed by atoms with E-state index in [4.69, 9.17) is 23.7 Å². The maximum absolute atomic E-state index is 11.7. The van der Waals surface area contributed by atoms with E-state index in [1.54, 1.807) is 21.0 Å². The molecule has 0 aliphatic heterocycles. The molecule has 0 spiro atoms. The van der Waals surface area contributed by atoms with Gasteiger partial charge in [-0.1, -0.05) is 0 Å². The summed E-state index contributed by atoms with van der Waals surface area (Å²) in [6, 6.07) is -1.36. The number of hydrogen-bond donors (Lipinski definition) is 1. The minimum atomic E-state index is -0.752. The molecule has 0 saturated carbocycles. The van der Waals surface area contributed by atoms with E-state index in [1.807, 2.05) is 0 Å². The van der Waals surface area contributed by atoms with Crippen LogP contribution in [0.2, 0.25) is 0 Å². The molecule has 0 bridgehead atoms. The summed E-state index contributed by atoms with van der Waals surface area (Å²) in [5.74, 6) is -0.906. The molecule has 25 heavy (non-hydrogen) atoms. The number of carbonyl (C=O) groups excluding carboxylic acids is 2. The summed E-state index contributed by atoms with van der Waals surface area (Å²) in [6.45, 7) is 9.69. The fourth-order valence-corrected chi connectivity index (χ4v) is 1.49. The van der Waals surface area contributed by atoms with Crippen molar-refractivity contribution in [3.63, 3.8) is 0 Å². The lowest BCUT2D eigenvalue weighted by Gasteiger charge is -2.14. The predicted octanol–water partition coefficient (Wildman–Crippen LogP) is -0.180. The number of hydrogen-bond acceptors (Lipinski definition) is 8. The fourth-order valence-electron chi connectivity index (χ4n) is 1.49. The van der Waals surface area contributed by atoms with Crippen molar-refractivity contribution >= 4 is 18.6 Å². The quantitative estimate of drug-likeness (QED) is 0.231. The molecule has 0 unspecified atom stereocenters. The van der Waals surface area contributed by atoms with Gasteiger partial charge in [0.15, 0.2) is 0 Å². The molecule has 0 radical (unpaired) electrons. The maximum atomic E-state index is 11.7. The topological polar surface area (TPSA) is 105 Å². The highest BCUT2D eigenvalue weighted by Gasteiger charge is 2.19. The minimum Gasteiger partial charge on any atom is -0.462 e. The molecule has 0 heterocycles. The van der Waals surface area contributed by atoms with Gasteiger partial charge >= 0.3 is 5.97 Å². The van der Waals surface area contributed by atoms with Crippen LogP contribution in [0.5, 0.6) is 0 Å². The summed E-state index contributed by atoms with van der Waals surface area (Å²) in [6.07, 6.45) is 0. The van der Waals surface area contributed by atoms with Crippen LogP contribution in [0.1, 0.15) is 13.8 Å². The van der Waals surface area contributed by atoms with Gasteiger partial charge in [0.2, 0.25) is 5.91 Å². The van der Waals surface area contributed by atoms with E-state index >= 15 is 0 Å². The summed E-state index contributed by atoms with van der Waals surface area (Å²) >= 11 is 0. The lowest BCUT2D eigenvalue weighted by atomic mass is 10.3. The molecule has 9 nitrogen and oxygen atoms in total. The van der Waals surface area contributed by atoms with E-state index in [9.17, 15) is 9.59 Å². The number of nitrogens with one attached hydrogen (secondary N) is 1. The van der Waals surface area contributed by atoms with E-state index in [2.05, 4.69) is 17.0 Å². The van der Waals surface area contributed by atoms with E-state index in [1.165, 1.54) is 0 Å². The fraction of sp³-hybridized carbons (Fsp3) is 0.812. The molecule has 2 atom stereocenters. The Kier molecular flexibility index (Phi) is 15.0. The van der Waals surface area contributed by atoms with Crippen molar-refractivity contribution in [3.8, 4) is 0 Å². The van der Waals surface area contributed by atoms with Gasteiger partial charge in [0, 0.05) is 7.11 Å². The van der Waals surface area contributed by atoms with E-state index < -0.39 is 18.1 Å². The smallest absolute Gasteiger partial charge is 0.328 e. The highest BCUT2D eigenvalue weighted by molar-refractivity contribution is 5.87. The predicted molar refractivity (Wildman–Crippen MR) is 91.9 cm³/mol. The van der Waals surface area contributed by atoms with Crippen molar-refractivity contribution in [3.05, 3.63) is 0 Å². The van der Waals surface area contributed by atoms with Gasteiger partial charge in [0.05, 0.1) is 46.2 Å². The average molecular weight is 362 g/mol. The molecule has 0 saturated heterocycles. The third kappa shape index (κ3) is 13.4. The van der Waals surface area contributed by atoms with Crippen molar-refractivity contribution in [1.29, 1.82) is 0 Å². The zero-order chi connectivity index (χ0) is 18.9. The number of methoxy groups -OCH3 is 1. The van der Waals surface area contributed by atoms with Crippen molar-refractivity contribution in [2.75, 3.05) is 60.0 Å². The van der Waals surface area contributed by atoms with Gasteiger partial charge < -0.3 is 29.0 Å². The van der Waals surface area contributed by atoms with Crippen LogP contribution in [0.25, 0.3) is 0 Å². The monoisotopic (exact) mass is 362 g/mol. The number of rotatable bonds is 16. The molecule has 0 aromatic rings. The molecule has 0 rings (SSSR count). The summed E-state index contributed by atoms with van der Waals surface area (Å²) in [5, 5.41) is 2.50. The van der Waals surface area contributed by atoms with Crippen molar-refractivity contribution in [1.82, 2.24) is 5.32 Å². The summed E-state index contributed by atoms with van der Waals surface area (Å²) in [7, 11) is 1.62. The lowest BCUT2D eigenvalue weighted by Crippen LogP contribution is -2.43. The van der Waals surface area contributed by atoms with Gasteiger partial charge in [-0.25, -0.2) is 4.79 Å². The zero-order valence-electron chi connectivity index (χ0n) is 15.3. The summed E-state index contributed by atoms with van der Waals surface area (Å²) in [5.41, 5.74) is 0. The number of esters is 1. The zero-order valence-corrected chi connectivity index (χ0v) is 15.3. The van der Waals surface area contributed by atoms with Crippen LogP contribution < -0.4 is 5.32 Å². The maximum Gasteiger partial charge on any atom is 0.328 e. The van der Waals surface area contributed by atoms with Crippen LogP contribution in [0.3, 0.4) is 0 Å². The lowest BCUT2D eigenvalue weighted by molar-refractivity contribution is -0.149. The molecule has 0 aliphatic rings. The van der Waals surface area contributed by atoms with Crippen LogP contribution in [0.15, 0.2) is 4.99 Å². The third-order valence-electron chi connectivity index (χ3n) is 3.01. The standard InChI is InChI=1S/C16H30N2O7/c1-13(17-3)15(19)18-14(2)16(20)25-12-11-24-10-9-23-8-7-22-6-5-21-4/h13-14H,3,5-12H2,1-2,4H3,(H,18,19)/t13-,14-/m0/s1. The number of carbonyl (C=O) groups is 2. The molecular weight excluding hydrogens is 332 g/mol. The molecule has 9 heteroatoms. The molecule has 1 amide bonds. The second kappa shape index (κ2) is 15.9. The first kappa shape index (κ1) is 23.4. The second-order valence-corrected chi connectivity index (χ2v) is 5.09. The highest BCUT2D eigenvalue weighted by Crippen LogP contribution is 1.93. The van der Waals surface area contributed by atoms with Gasteiger partial charge in [0.1, 0.15) is 18.7 Å². The third-order valence-corrected chi connectivity index (χ3v) is 3.01. The normalized spacial score (nSPS) is 13.1. The Bertz CT molecular complexity index is 379. The Morgan fingerprint density at radius 3 is 1.88 bits per heavy atom. The van der Waals surface area contributed by atoms with Crippen molar-refractivity contribution < 1.29 is 33.3 Å². The van der Waals surface area contributed by atoms with Crippen LogP contribution in [0, 0.1) is 0 Å². The van der Waals surface area contributed by atoms with Gasteiger partial charge in [-0.3, -0.25) is 9.79 Å². The molecule has 146 valence electrons. The Hall–Kier alpha value is -1.55. The number of aliphatic imine (C=N–C) groups is 1. The first-order valence-electron chi connectivity index (χ1n) is 8.18. The average Bonchev–Trinajstić information content (AvgIpc) is 2.61. The summed E-state index contributed by atoms with van der Waals surface area (Å²) in [4.78, 5) is 26.8. The molecule has 0 aliphatic carbocycles. The Labute approximate surface area is 149 Å². The highest BCUT2D eigenvalue weighted by atomic mass is 16.6. The number of nitrogens with zero attached hydrogens (tertiary/aromatic N) is 1. The van der Waals surface area contributed by atoms with Gasteiger partial charge in [0.25, 0.3) is 0 Å². The van der Waals surface area contributed by atoms with Gasteiger partial charge in [-0.15, -0.1) is 0 Å². The van der Waals surface area contributed by atoms with E-state index in [0.717, 1.165) is 0 Å². The van der Waals surface area contributed by atoms with Crippen molar-refractivity contribution in [2.45, 2.75) is 25.9 Å². The molecule has 0 fully saturated rings. The molecular formula is C16H30N2O7. The van der Waals surface area contributed by atoms with Crippen LogP contribution in [-0.4, -0.2) is 90.6 Å². The van der Waals surface area contributed by atoms with E-state index in [-0.39, 0.29) is 19.1 Å². The molecule has 0 aromatic carbocycles. The molecule has 1 N–H and O–H groups in total. The minimum absolute atomic E-state index is 0.106. The van der Waals surface area contributed by atoms with Gasteiger partial charge in [-0.2, -0.15) is 0 Å². The van der Waals surface area contributed by atoms with Gasteiger partial charge in [-0.05, 0) is 20.6 Å².